The third-order valence-electron chi connectivity index (χ3n) is 1.52. The summed E-state index contributed by atoms with van der Waals surface area (Å²) in [6.45, 7) is -0.287. The number of carbonyl (C=O) groups is 1. The van der Waals surface area contributed by atoms with Crippen LogP contribution in [0.2, 0.25) is 0 Å². The van der Waals surface area contributed by atoms with Gasteiger partial charge in [0.05, 0.1) is 14.9 Å². The number of hydrogen-bond acceptors (Lipinski definition) is 3. The number of nitrogens with two attached hydrogens (primary N) is 1. The van der Waals surface area contributed by atoms with Gasteiger partial charge in [0.25, 0.3) is 0 Å². The quantitative estimate of drug-likeness (QED) is 0.584. The van der Waals surface area contributed by atoms with E-state index in [0.717, 1.165) is 0 Å². The first-order valence-electron chi connectivity index (χ1n) is 3.71. The second kappa shape index (κ2) is 4.45. The van der Waals surface area contributed by atoms with Crippen LogP contribution >= 0.6 is 22.6 Å². The third kappa shape index (κ3) is 2.72. The Bertz CT molecular complexity index is 371. The Hall–Kier alpha value is -1.05. The Morgan fingerprint density at radius 1 is 1.64 bits per heavy atom. The maximum absolute atomic E-state index is 13.0. The minimum absolute atomic E-state index is 0.287. The van der Waals surface area contributed by atoms with E-state index in [1.165, 1.54) is 12.1 Å². The number of anilines is 2. The van der Waals surface area contributed by atoms with Crippen molar-refractivity contribution in [3.05, 3.63) is 21.5 Å². The van der Waals surface area contributed by atoms with Crippen LogP contribution in [0.25, 0.3) is 0 Å². The number of rotatable bonds is 3. The first-order valence-corrected chi connectivity index (χ1v) is 4.78. The molecule has 6 heteroatoms. The maximum atomic E-state index is 13.0. The number of hydrogen-bond donors (Lipinski definition) is 3. The smallest absolute Gasteiger partial charge is 0.322 e. The van der Waals surface area contributed by atoms with E-state index < -0.39 is 11.8 Å². The lowest BCUT2D eigenvalue weighted by molar-refractivity contribution is -0.134. The normalized spacial score (nSPS) is 9.86. The standard InChI is InChI=1S/C8H8FIN2O2/c9-4-1-7(12-3-8(13)14)6(11)2-5(4)10/h1-2,12H,3,11H2,(H,13,14). The lowest BCUT2D eigenvalue weighted by Crippen LogP contribution is -2.13. The lowest BCUT2D eigenvalue weighted by Gasteiger charge is -2.07. The summed E-state index contributed by atoms with van der Waals surface area (Å²) in [5.41, 5.74) is 6.18. The molecule has 0 aliphatic rings. The van der Waals surface area contributed by atoms with Crippen molar-refractivity contribution in [3.63, 3.8) is 0 Å². The molecule has 0 unspecified atom stereocenters. The molecule has 0 aromatic heterocycles. The minimum Gasteiger partial charge on any atom is -0.480 e. The lowest BCUT2D eigenvalue weighted by atomic mass is 10.2. The Balaban J connectivity index is 2.87. The van der Waals surface area contributed by atoms with Crippen LogP contribution in [0.4, 0.5) is 15.8 Å². The van der Waals surface area contributed by atoms with Crippen LogP contribution in [-0.2, 0) is 4.79 Å². The molecule has 76 valence electrons. The topological polar surface area (TPSA) is 75.3 Å². The van der Waals surface area contributed by atoms with Gasteiger partial charge in [0, 0.05) is 6.07 Å². The summed E-state index contributed by atoms with van der Waals surface area (Å²) in [6.07, 6.45) is 0. The summed E-state index contributed by atoms with van der Waals surface area (Å²) in [6, 6.07) is 2.63. The van der Waals surface area contributed by atoms with E-state index >= 15 is 0 Å². The Morgan fingerprint density at radius 2 is 2.29 bits per heavy atom. The maximum Gasteiger partial charge on any atom is 0.322 e. The van der Waals surface area contributed by atoms with Crippen LogP contribution < -0.4 is 11.1 Å². The average molecular weight is 310 g/mol. The summed E-state index contributed by atoms with van der Waals surface area (Å²) in [5.74, 6) is -1.45. The van der Waals surface area contributed by atoms with E-state index in [0.29, 0.717) is 14.9 Å². The zero-order chi connectivity index (χ0) is 10.7. The molecule has 0 saturated carbocycles. The summed E-state index contributed by atoms with van der Waals surface area (Å²) >= 11 is 1.81. The summed E-state index contributed by atoms with van der Waals surface area (Å²) in [7, 11) is 0. The fraction of sp³-hybridized carbons (Fsp3) is 0.125. The van der Waals surface area contributed by atoms with Gasteiger partial charge in [-0.3, -0.25) is 4.79 Å². The van der Waals surface area contributed by atoms with Crippen molar-refractivity contribution >= 4 is 39.9 Å². The van der Waals surface area contributed by atoms with Crippen LogP contribution in [0.3, 0.4) is 0 Å². The van der Waals surface area contributed by atoms with E-state index in [2.05, 4.69) is 5.32 Å². The number of carboxylic acids is 1. The molecule has 0 heterocycles. The highest BCUT2D eigenvalue weighted by Crippen LogP contribution is 2.23. The molecule has 0 spiro atoms. The Kier molecular flexibility index (Phi) is 3.50. The van der Waals surface area contributed by atoms with Crippen LogP contribution in [0.5, 0.6) is 0 Å². The molecule has 1 rings (SSSR count). The summed E-state index contributed by atoms with van der Waals surface area (Å²) < 4.78 is 13.4. The third-order valence-corrected chi connectivity index (χ3v) is 2.35. The fourth-order valence-corrected chi connectivity index (χ4v) is 1.38. The van der Waals surface area contributed by atoms with Gasteiger partial charge in [0.1, 0.15) is 12.4 Å². The van der Waals surface area contributed by atoms with Gasteiger partial charge < -0.3 is 16.2 Å². The van der Waals surface area contributed by atoms with Gasteiger partial charge >= 0.3 is 5.97 Å². The average Bonchev–Trinajstić information content (AvgIpc) is 2.09. The van der Waals surface area contributed by atoms with E-state index in [1.54, 1.807) is 0 Å². The number of aliphatic carboxylic acids is 1. The fourth-order valence-electron chi connectivity index (χ4n) is 0.886. The molecule has 0 aliphatic carbocycles. The molecule has 0 radical (unpaired) electrons. The van der Waals surface area contributed by atoms with E-state index in [4.69, 9.17) is 10.8 Å². The highest BCUT2D eigenvalue weighted by atomic mass is 127. The van der Waals surface area contributed by atoms with Gasteiger partial charge in [-0.25, -0.2) is 4.39 Å². The molecular weight excluding hydrogens is 302 g/mol. The molecule has 4 N–H and O–H groups in total. The highest BCUT2D eigenvalue weighted by molar-refractivity contribution is 14.1. The van der Waals surface area contributed by atoms with Crippen molar-refractivity contribution in [1.29, 1.82) is 0 Å². The number of benzene rings is 1. The van der Waals surface area contributed by atoms with E-state index in [-0.39, 0.29) is 6.54 Å². The molecule has 1 aromatic carbocycles. The van der Waals surface area contributed by atoms with Crippen LogP contribution in [0.15, 0.2) is 12.1 Å². The predicted molar refractivity (Wildman–Crippen MR) is 59.7 cm³/mol. The van der Waals surface area contributed by atoms with Crippen molar-refractivity contribution in [3.8, 4) is 0 Å². The van der Waals surface area contributed by atoms with Crippen molar-refractivity contribution in [2.75, 3.05) is 17.6 Å². The molecule has 0 atom stereocenters. The predicted octanol–water partition coefficient (Wildman–Crippen LogP) is 1.51. The van der Waals surface area contributed by atoms with E-state index in [1.807, 2.05) is 22.6 Å². The van der Waals surface area contributed by atoms with Gasteiger partial charge in [-0.15, -0.1) is 0 Å². The number of nitrogen functional groups attached to an aromatic ring is 1. The van der Waals surface area contributed by atoms with Gasteiger partial charge in [0.15, 0.2) is 0 Å². The Labute approximate surface area is 93.4 Å². The SMILES string of the molecule is Nc1cc(I)c(F)cc1NCC(=O)O. The first kappa shape index (κ1) is 11.0. The van der Waals surface area contributed by atoms with Crippen LogP contribution in [-0.4, -0.2) is 17.6 Å². The molecule has 1 aromatic rings. The Morgan fingerprint density at radius 3 is 2.86 bits per heavy atom. The van der Waals surface area contributed by atoms with Crippen molar-refractivity contribution < 1.29 is 14.3 Å². The largest absolute Gasteiger partial charge is 0.480 e. The number of carboxylic acid groups (broad SMARTS) is 1. The summed E-state index contributed by atoms with van der Waals surface area (Å²) in [5, 5.41) is 10.9. The molecule has 0 aliphatic heterocycles. The van der Waals surface area contributed by atoms with Crippen LogP contribution in [0, 0.1) is 9.39 Å². The molecule has 0 bridgehead atoms. The highest BCUT2D eigenvalue weighted by Gasteiger charge is 2.06. The van der Waals surface area contributed by atoms with Gasteiger partial charge in [-0.2, -0.15) is 0 Å². The second-order valence-corrected chi connectivity index (χ2v) is 3.76. The van der Waals surface area contributed by atoms with E-state index in [9.17, 15) is 9.18 Å². The zero-order valence-corrected chi connectivity index (χ0v) is 9.21. The molecular formula is C8H8FIN2O2. The van der Waals surface area contributed by atoms with Gasteiger partial charge in [-0.05, 0) is 28.7 Å². The molecule has 14 heavy (non-hydrogen) atoms. The van der Waals surface area contributed by atoms with Crippen LogP contribution in [0.1, 0.15) is 0 Å². The monoisotopic (exact) mass is 310 g/mol. The van der Waals surface area contributed by atoms with Crippen molar-refractivity contribution in [1.82, 2.24) is 0 Å². The molecule has 4 nitrogen and oxygen atoms in total. The first-order chi connectivity index (χ1) is 6.50. The molecule has 0 amide bonds. The zero-order valence-electron chi connectivity index (χ0n) is 7.05. The number of nitrogens with one attached hydrogen (secondary N) is 1. The van der Waals surface area contributed by atoms with Crippen molar-refractivity contribution in [2.24, 2.45) is 0 Å². The summed E-state index contributed by atoms with van der Waals surface area (Å²) in [4.78, 5) is 10.2. The van der Waals surface area contributed by atoms with Crippen molar-refractivity contribution in [2.45, 2.75) is 0 Å². The minimum atomic E-state index is -1.02. The second-order valence-electron chi connectivity index (χ2n) is 2.60. The number of halogens is 2. The van der Waals surface area contributed by atoms with Gasteiger partial charge in [-0.1, -0.05) is 0 Å². The molecule has 0 fully saturated rings. The molecule has 0 saturated heterocycles. The van der Waals surface area contributed by atoms with Gasteiger partial charge in [0.2, 0.25) is 0 Å².